The summed E-state index contributed by atoms with van der Waals surface area (Å²) in [5, 5.41) is 2.57. The Bertz CT molecular complexity index is 826. The van der Waals surface area contributed by atoms with Crippen molar-refractivity contribution in [2.75, 3.05) is 18.5 Å². The lowest BCUT2D eigenvalue weighted by Crippen LogP contribution is -2.22. The molecule has 2 rings (SSSR count). The molecule has 0 heterocycles. The summed E-state index contributed by atoms with van der Waals surface area (Å²) >= 11 is 5.81. The van der Waals surface area contributed by atoms with Crippen molar-refractivity contribution in [1.82, 2.24) is 0 Å². The molecule has 0 aliphatic heterocycles. The summed E-state index contributed by atoms with van der Waals surface area (Å²) < 4.78 is 46.9. The number of amides is 2. The molecule has 0 atom stereocenters. The zero-order chi connectivity index (χ0) is 20.0. The topological polar surface area (TPSA) is 90.7 Å². The van der Waals surface area contributed by atoms with Gasteiger partial charge in [-0.15, -0.1) is 0 Å². The van der Waals surface area contributed by atoms with Crippen LogP contribution in [0.3, 0.4) is 0 Å². The summed E-state index contributed by atoms with van der Waals surface area (Å²) in [4.78, 5) is 23.0. The number of carbonyl (C=O) groups excluding carboxylic acids is 2. The van der Waals surface area contributed by atoms with Gasteiger partial charge in [-0.1, -0.05) is 11.6 Å². The second-order valence-corrected chi connectivity index (χ2v) is 5.71. The van der Waals surface area contributed by atoms with Gasteiger partial charge in [0, 0.05) is 10.6 Å². The van der Waals surface area contributed by atoms with Gasteiger partial charge in [-0.25, -0.2) is 0 Å². The molecule has 27 heavy (non-hydrogen) atoms. The summed E-state index contributed by atoms with van der Waals surface area (Å²) in [6.45, 7) is -1.94. The van der Waals surface area contributed by atoms with Crippen molar-refractivity contribution in [3.8, 4) is 11.5 Å². The minimum absolute atomic E-state index is 0.0237. The number of primary amides is 1. The molecule has 0 saturated heterocycles. The van der Waals surface area contributed by atoms with Crippen LogP contribution in [0.2, 0.25) is 5.02 Å². The maximum atomic E-state index is 12.3. The van der Waals surface area contributed by atoms with E-state index in [1.165, 1.54) is 42.5 Å². The molecule has 0 aliphatic rings. The molecule has 0 aliphatic carbocycles. The number of rotatable bonds is 7. The Balaban J connectivity index is 1.98. The Morgan fingerprint density at radius 3 is 2.33 bits per heavy atom. The average molecular weight is 403 g/mol. The van der Waals surface area contributed by atoms with Crippen LogP contribution < -0.4 is 20.5 Å². The highest BCUT2D eigenvalue weighted by Crippen LogP contribution is 2.29. The molecule has 0 unspecified atom stereocenters. The van der Waals surface area contributed by atoms with Crippen molar-refractivity contribution in [2.24, 2.45) is 5.73 Å². The minimum atomic E-state index is -4.53. The molecule has 0 spiro atoms. The number of halogens is 4. The Kier molecular flexibility index (Phi) is 6.51. The molecule has 2 amide bonds. The molecule has 10 heteroatoms. The third kappa shape index (κ3) is 6.70. The van der Waals surface area contributed by atoms with Crippen molar-refractivity contribution < 1.29 is 32.2 Å². The van der Waals surface area contributed by atoms with Gasteiger partial charge in [0.15, 0.2) is 13.2 Å². The van der Waals surface area contributed by atoms with Crippen molar-refractivity contribution in [3.63, 3.8) is 0 Å². The predicted molar refractivity (Wildman–Crippen MR) is 92.1 cm³/mol. The van der Waals surface area contributed by atoms with Crippen LogP contribution in [0.4, 0.5) is 18.9 Å². The van der Waals surface area contributed by atoms with Crippen LogP contribution in [0.1, 0.15) is 10.4 Å². The number of anilines is 1. The van der Waals surface area contributed by atoms with E-state index in [1.807, 2.05) is 0 Å². The zero-order valence-electron chi connectivity index (χ0n) is 13.7. The second-order valence-electron chi connectivity index (χ2n) is 5.27. The number of hydrogen-bond donors (Lipinski definition) is 2. The molecule has 0 radical (unpaired) electrons. The van der Waals surface area contributed by atoms with Crippen molar-refractivity contribution in [3.05, 3.63) is 53.1 Å². The van der Waals surface area contributed by atoms with E-state index in [9.17, 15) is 22.8 Å². The summed E-state index contributed by atoms with van der Waals surface area (Å²) in [7, 11) is 0. The van der Waals surface area contributed by atoms with Gasteiger partial charge in [0.1, 0.15) is 11.5 Å². The third-order valence-corrected chi connectivity index (χ3v) is 3.35. The largest absolute Gasteiger partial charge is 0.484 e. The van der Waals surface area contributed by atoms with Gasteiger partial charge < -0.3 is 20.5 Å². The first-order valence-electron chi connectivity index (χ1n) is 7.45. The number of ether oxygens (including phenoxy) is 2. The van der Waals surface area contributed by atoms with Gasteiger partial charge >= 0.3 is 6.18 Å². The van der Waals surface area contributed by atoms with E-state index in [0.717, 1.165) is 0 Å². The van der Waals surface area contributed by atoms with Crippen molar-refractivity contribution >= 4 is 29.1 Å². The van der Waals surface area contributed by atoms with E-state index in [-0.39, 0.29) is 22.0 Å². The number of nitrogens with one attached hydrogen (secondary N) is 1. The fourth-order valence-corrected chi connectivity index (χ4v) is 2.11. The molecular weight excluding hydrogens is 389 g/mol. The first-order chi connectivity index (χ1) is 12.6. The Hall–Kier alpha value is -2.94. The number of alkyl halides is 3. The van der Waals surface area contributed by atoms with Crippen LogP contribution in [0.25, 0.3) is 0 Å². The Labute approximate surface area is 157 Å². The fourth-order valence-electron chi connectivity index (χ4n) is 1.94. The van der Waals surface area contributed by atoms with E-state index in [1.54, 1.807) is 0 Å². The molecule has 144 valence electrons. The van der Waals surface area contributed by atoms with Crippen LogP contribution in [-0.4, -0.2) is 31.2 Å². The first-order valence-corrected chi connectivity index (χ1v) is 7.83. The van der Waals surface area contributed by atoms with E-state index in [4.69, 9.17) is 22.1 Å². The molecule has 0 bridgehead atoms. The maximum absolute atomic E-state index is 12.3. The highest BCUT2D eigenvalue weighted by atomic mass is 35.5. The normalized spacial score (nSPS) is 11.0. The first kappa shape index (κ1) is 20.4. The monoisotopic (exact) mass is 402 g/mol. The van der Waals surface area contributed by atoms with Crippen molar-refractivity contribution in [2.45, 2.75) is 6.18 Å². The molecular formula is C17H14ClF3N2O4. The van der Waals surface area contributed by atoms with Gasteiger partial charge in [-0.3, -0.25) is 9.59 Å². The van der Waals surface area contributed by atoms with Crippen LogP contribution in [0.15, 0.2) is 42.5 Å². The summed E-state index contributed by atoms with van der Waals surface area (Å²) in [6.07, 6.45) is -4.53. The molecule has 0 aromatic heterocycles. The van der Waals surface area contributed by atoms with E-state index in [0.29, 0.717) is 5.75 Å². The highest BCUT2D eigenvalue weighted by molar-refractivity contribution is 6.31. The lowest BCUT2D eigenvalue weighted by molar-refractivity contribution is -0.153. The minimum Gasteiger partial charge on any atom is -0.484 e. The van der Waals surface area contributed by atoms with Crippen LogP contribution in [-0.2, 0) is 4.79 Å². The zero-order valence-corrected chi connectivity index (χ0v) is 14.4. The van der Waals surface area contributed by atoms with Gasteiger partial charge in [0.25, 0.3) is 5.91 Å². The van der Waals surface area contributed by atoms with E-state index < -0.39 is 31.2 Å². The number of nitrogens with two attached hydrogens (primary N) is 1. The molecule has 6 nitrogen and oxygen atoms in total. The summed E-state index contributed by atoms with van der Waals surface area (Å²) in [5.74, 6) is -1.13. The Morgan fingerprint density at radius 2 is 1.74 bits per heavy atom. The molecule has 0 saturated carbocycles. The standard InChI is InChI=1S/C17H14ClF3N2O4/c18-11-3-6-14(27-9-17(19,20)21)13(7-11)23-15(24)8-26-12-4-1-10(2-5-12)16(22)25/h1-7H,8-9H2,(H2,22,25)(H,23,24). The summed E-state index contributed by atoms with van der Waals surface area (Å²) in [6, 6.07) is 9.56. The number of benzene rings is 2. The SMILES string of the molecule is NC(=O)c1ccc(OCC(=O)Nc2cc(Cl)ccc2OCC(F)(F)F)cc1. The quantitative estimate of drug-likeness (QED) is 0.742. The van der Waals surface area contributed by atoms with Gasteiger partial charge in [-0.2, -0.15) is 13.2 Å². The average Bonchev–Trinajstić information content (AvgIpc) is 2.59. The maximum Gasteiger partial charge on any atom is 0.422 e. The van der Waals surface area contributed by atoms with Crippen molar-refractivity contribution in [1.29, 1.82) is 0 Å². The number of carbonyl (C=O) groups is 2. The fraction of sp³-hybridized carbons (Fsp3) is 0.176. The smallest absolute Gasteiger partial charge is 0.422 e. The Morgan fingerprint density at radius 1 is 1.07 bits per heavy atom. The van der Waals surface area contributed by atoms with Crippen LogP contribution in [0.5, 0.6) is 11.5 Å². The van der Waals surface area contributed by atoms with E-state index in [2.05, 4.69) is 10.1 Å². The molecule has 2 aromatic rings. The molecule has 3 N–H and O–H groups in total. The second kappa shape index (κ2) is 8.63. The van der Waals surface area contributed by atoms with Gasteiger partial charge in [-0.05, 0) is 42.5 Å². The van der Waals surface area contributed by atoms with Crippen LogP contribution in [0, 0.1) is 0 Å². The van der Waals surface area contributed by atoms with E-state index >= 15 is 0 Å². The lowest BCUT2D eigenvalue weighted by Gasteiger charge is -2.14. The summed E-state index contributed by atoms with van der Waals surface area (Å²) in [5.41, 5.74) is 5.36. The highest BCUT2D eigenvalue weighted by Gasteiger charge is 2.29. The van der Waals surface area contributed by atoms with Crippen LogP contribution >= 0.6 is 11.6 Å². The van der Waals surface area contributed by atoms with Gasteiger partial charge in [0.2, 0.25) is 5.91 Å². The van der Waals surface area contributed by atoms with Gasteiger partial charge in [0.05, 0.1) is 5.69 Å². The third-order valence-electron chi connectivity index (χ3n) is 3.12. The number of hydrogen-bond acceptors (Lipinski definition) is 4. The lowest BCUT2D eigenvalue weighted by atomic mass is 10.2. The molecule has 2 aromatic carbocycles. The predicted octanol–water partition coefficient (Wildman–Crippen LogP) is 3.40. The molecule has 0 fully saturated rings.